The van der Waals surface area contributed by atoms with E-state index < -0.39 is 148 Å². The van der Waals surface area contributed by atoms with Gasteiger partial charge in [0.1, 0.15) is 79.2 Å². The number of carbonyl (C=O) groups is 5. The Kier molecular flexibility index (Phi) is 18.2. The third kappa shape index (κ3) is 12.0. The molecule has 0 aliphatic carbocycles. The van der Waals surface area contributed by atoms with Gasteiger partial charge in [-0.1, -0.05) is 13.8 Å². The molecule has 0 aromatic rings. The molecule has 24 nitrogen and oxygen atoms in total. The molecular weight excluding hydrogens is 720 g/mol. The van der Waals surface area contributed by atoms with E-state index in [4.69, 9.17) is 18.9 Å². The van der Waals surface area contributed by atoms with E-state index >= 15 is 0 Å². The number of hydrogen-bond donors (Lipinski definition) is 11. The normalized spacial score (nSPS) is 32.0. The highest BCUT2D eigenvalue weighted by molar-refractivity contribution is 6.03. The van der Waals surface area contributed by atoms with Crippen LogP contribution in [0.2, 0.25) is 0 Å². The van der Waals surface area contributed by atoms with Crippen LogP contribution in [0, 0.1) is 5.92 Å². The molecule has 52 heavy (non-hydrogen) atoms. The van der Waals surface area contributed by atoms with Crippen molar-refractivity contribution < 1.29 is 119 Å². The third-order valence-corrected chi connectivity index (χ3v) is 7.75. The average Bonchev–Trinajstić information content (AvgIpc) is 3.14. The second-order valence-corrected chi connectivity index (χ2v) is 11.5. The molecule has 2 aliphatic rings. The van der Waals surface area contributed by atoms with E-state index in [-0.39, 0.29) is 12.8 Å². The SMILES string of the molecule is CCC(=O)OOC(=O)CC(C(=O)OOC(=O)CC)C(=O)[C@H](O)[C@@H](O)[C@H](O)[C@H](O)CO[C@H]1O[C@H](CO[C@H]2O[C@H](CO)[C@@H](O)[C@H](O)[C@H]2O)[C@@H](O)[C@H](O)[C@H]1O. The van der Waals surface area contributed by atoms with E-state index in [0.717, 1.165) is 0 Å². The van der Waals surface area contributed by atoms with Gasteiger partial charge < -0.3 is 75.1 Å². The van der Waals surface area contributed by atoms with E-state index in [1.807, 2.05) is 0 Å². The Labute approximate surface area is 293 Å². The maximum absolute atomic E-state index is 12.9. The summed E-state index contributed by atoms with van der Waals surface area (Å²) in [6.07, 6.45) is -29.8. The van der Waals surface area contributed by atoms with Gasteiger partial charge in [-0.15, -0.1) is 0 Å². The lowest BCUT2D eigenvalue weighted by molar-refractivity contribution is -0.333. The molecular formula is C28H44O24. The standard InChI is InChI=1S/C28H44O24/c1-3-13(31)49-51-15(33)5-9(26(44)52-50-14(32)4-2)16(34)20(38)21(39)17(35)10(30)7-45-27-25(43)23(41)19(37)12(48-27)8-46-28-24(42)22(40)18(36)11(6-29)47-28/h9-12,17-25,27-30,35-43H,3-8H2,1-2H3/t9?,10-,11-,12-,17-,18-,19-,20+,21+,22+,23+,24-,25-,27+,28+/m1/s1. The van der Waals surface area contributed by atoms with Crippen molar-refractivity contribution in [3.05, 3.63) is 0 Å². The zero-order valence-electron chi connectivity index (χ0n) is 27.6. The van der Waals surface area contributed by atoms with Crippen molar-refractivity contribution in [2.24, 2.45) is 5.92 Å². The van der Waals surface area contributed by atoms with E-state index in [1.165, 1.54) is 13.8 Å². The van der Waals surface area contributed by atoms with Crippen LogP contribution in [0.5, 0.6) is 0 Å². The average molecular weight is 765 g/mol. The van der Waals surface area contributed by atoms with E-state index in [2.05, 4.69) is 19.6 Å². The van der Waals surface area contributed by atoms with Gasteiger partial charge in [0.05, 0.1) is 26.2 Å². The Morgan fingerprint density at radius 2 is 1.10 bits per heavy atom. The maximum atomic E-state index is 12.9. The number of rotatable bonds is 17. The number of ketones is 1. The molecule has 0 saturated carbocycles. The Balaban J connectivity index is 2.05. The van der Waals surface area contributed by atoms with E-state index in [9.17, 15) is 80.1 Å². The Morgan fingerprint density at radius 3 is 1.63 bits per heavy atom. The van der Waals surface area contributed by atoms with Crippen LogP contribution in [0.15, 0.2) is 0 Å². The van der Waals surface area contributed by atoms with Crippen molar-refractivity contribution in [2.75, 3.05) is 19.8 Å². The summed E-state index contributed by atoms with van der Waals surface area (Å²) in [6, 6.07) is 0. The summed E-state index contributed by atoms with van der Waals surface area (Å²) < 4.78 is 20.9. The summed E-state index contributed by atoms with van der Waals surface area (Å²) in [5, 5.41) is 112. The first-order chi connectivity index (χ1) is 24.4. The number of aliphatic hydroxyl groups is 11. The number of Topliss-reactive ketones (excluding diaryl/α,β-unsaturated/α-hetero) is 1. The molecule has 0 bridgehead atoms. The van der Waals surface area contributed by atoms with Gasteiger partial charge in [0, 0.05) is 12.8 Å². The quantitative estimate of drug-likeness (QED) is 0.0372. The first-order valence-electron chi connectivity index (χ1n) is 15.7. The van der Waals surface area contributed by atoms with Crippen LogP contribution in [0.25, 0.3) is 0 Å². The zero-order chi connectivity index (χ0) is 39.4. The van der Waals surface area contributed by atoms with Gasteiger partial charge in [0.25, 0.3) is 0 Å². The second kappa shape index (κ2) is 21.0. The van der Waals surface area contributed by atoms with Gasteiger partial charge in [0.15, 0.2) is 18.4 Å². The van der Waals surface area contributed by atoms with Gasteiger partial charge in [0.2, 0.25) is 0 Å². The molecule has 0 radical (unpaired) electrons. The molecule has 11 N–H and O–H groups in total. The molecule has 2 rings (SSSR count). The van der Waals surface area contributed by atoms with Crippen molar-refractivity contribution in [3.63, 3.8) is 0 Å². The minimum absolute atomic E-state index is 0.242. The molecule has 24 heteroatoms. The first-order valence-corrected chi connectivity index (χ1v) is 15.7. The lowest BCUT2D eigenvalue weighted by Crippen LogP contribution is -2.62. The molecule has 2 fully saturated rings. The summed E-state index contributed by atoms with van der Waals surface area (Å²) >= 11 is 0. The topological polar surface area (TPSA) is 382 Å². The molecule has 2 aliphatic heterocycles. The Morgan fingerprint density at radius 1 is 0.615 bits per heavy atom. The third-order valence-electron chi connectivity index (χ3n) is 7.75. The molecule has 300 valence electrons. The summed E-state index contributed by atoms with van der Waals surface area (Å²) in [6.45, 7) is 0.0462. The second-order valence-electron chi connectivity index (χ2n) is 11.5. The van der Waals surface area contributed by atoms with Gasteiger partial charge in [-0.05, 0) is 0 Å². The summed E-state index contributed by atoms with van der Waals surface area (Å²) in [5.74, 6) is -9.56. The van der Waals surface area contributed by atoms with E-state index in [1.54, 1.807) is 0 Å². The molecule has 0 amide bonds. The lowest BCUT2D eigenvalue weighted by atomic mass is 9.91. The summed E-state index contributed by atoms with van der Waals surface area (Å²) in [4.78, 5) is 76.7. The molecule has 0 spiro atoms. The van der Waals surface area contributed by atoms with Crippen LogP contribution in [-0.4, -0.2) is 191 Å². The summed E-state index contributed by atoms with van der Waals surface area (Å²) in [7, 11) is 0. The van der Waals surface area contributed by atoms with Crippen molar-refractivity contribution in [1.82, 2.24) is 0 Å². The molecule has 0 aromatic heterocycles. The van der Waals surface area contributed by atoms with Gasteiger partial charge in [-0.2, -0.15) is 0 Å². The van der Waals surface area contributed by atoms with Crippen LogP contribution in [0.3, 0.4) is 0 Å². The number of hydrogen-bond acceptors (Lipinski definition) is 24. The van der Waals surface area contributed by atoms with Crippen molar-refractivity contribution >= 4 is 29.7 Å². The van der Waals surface area contributed by atoms with Gasteiger partial charge >= 0.3 is 23.9 Å². The van der Waals surface area contributed by atoms with E-state index in [0.29, 0.717) is 0 Å². The predicted molar refractivity (Wildman–Crippen MR) is 154 cm³/mol. The Bertz CT molecular complexity index is 1180. The molecule has 1 unspecified atom stereocenters. The van der Waals surface area contributed by atoms with Crippen LogP contribution in [0.4, 0.5) is 0 Å². The predicted octanol–water partition coefficient (Wildman–Crippen LogP) is -7.53. The highest BCUT2D eigenvalue weighted by Gasteiger charge is 2.48. The van der Waals surface area contributed by atoms with Crippen LogP contribution >= 0.6 is 0 Å². The largest absolute Gasteiger partial charge is 0.394 e. The van der Waals surface area contributed by atoms with Crippen molar-refractivity contribution in [3.8, 4) is 0 Å². The zero-order valence-corrected chi connectivity index (χ0v) is 27.6. The molecule has 2 saturated heterocycles. The van der Waals surface area contributed by atoms with Gasteiger partial charge in [-0.3, -0.25) is 4.79 Å². The first kappa shape index (κ1) is 45.1. The van der Waals surface area contributed by atoms with Gasteiger partial charge in [-0.25, -0.2) is 38.7 Å². The fraction of sp³-hybridized carbons (Fsp3) is 0.821. The minimum Gasteiger partial charge on any atom is -0.394 e. The van der Waals surface area contributed by atoms with Crippen LogP contribution in [0.1, 0.15) is 33.1 Å². The van der Waals surface area contributed by atoms with Crippen molar-refractivity contribution in [2.45, 2.75) is 119 Å². The monoisotopic (exact) mass is 764 g/mol. The Hall–Kier alpha value is -3.05. The van der Waals surface area contributed by atoms with Crippen molar-refractivity contribution in [1.29, 1.82) is 0 Å². The van der Waals surface area contributed by atoms with Crippen LogP contribution < -0.4 is 0 Å². The lowest BCUT2D eigenvalue weighted by Gasteiger charge is -2.42. The fourth-order valence-electron chi connectivity index (χ4n) is 4.52. The fourth-order valence-corrected chi connectivity index (χ4v) is 4.52. The number of carbonyl (C=O) groups excluding carboxylic acids is 5. The highest BCUT2D eigenvalue weighted by atomic mass is 17.2. The molecule has 2 heterocycles. The maximum Gasteiger partial charge on any atom is 0.366 e. The molecule has 0 aromatic carbocycles. The molecule has 15 atom stereocenters. The minimum atomic E-state index is -2.77. The number of aliphatic hydroxyl groups excluding tert-OH is 11. The summed E-state index contributed by atoms with van der Waals surface area (Å²) in [5.41, 5.74) is 0. The van der Waals surface area contributed by atoms with Crippen LogP contribution in [-0.2, 0) is 62.5 Å². The number of ether oxygens (including phenoxy) is 4. The smallest absolute Gasteiger partial charge is 0.366 e. The highest BCUT2D eigenvalue weighted by Crippen LogP contribution is 2.26.